The maximum atomic E-state index is 10.6. The third kappa shape index (κ3) is 3.38. The van der Waals surface area contributed by atoms with Crippen LogP contribution in [0.1, 0.15) is 11.3 Å². The van der Waals surface area contributed by atoms with E-state index in [0.717, 1.165) is 17.0 Å². The lowest BCUT2D eigenvalue weighted by atomic mass is 10.1. The second kappa shape index (κ2) is 6.71. The van der Waals surface area contributed by atoms with Crippen LogP contribution in [0, 0.1) is 17.0 Å². The first-order valence-corrected chi connectivity index (χ1v) is 7.96. The summed E-state index contributed by atoms with van der Waals surface area (Å²) >= 11 is 1.36. The van der Waals surface area contributed by atoms with Crippen molar-refractivity contribution >= 4 is 23.7 Å². The third-order valence-electron chi connectivity index (χ3n) is 3.31. The monoisotopic (exact) mass is 342 g/mol. The van der Waals surface area contributed by atoms with Crippen molar-refractivity contribution in [2.75, 3.05) is 0 Å². The fraction of sp³-hybridized carbons (Fsp3) is 0.125. The normalized spacial score (nSPS) is 11.2. The molecule has 0 aliphatic heterocycles. The van der Waals surface area contributed by atoms with Crippen LogP contribution in [0.25, 0.3) is 17.5 Å². The largest absolute Gasteiger partial charge is 0.433 e. The van der Waals surface area contributed by atoms with Crippen molar-refractivity contribution in [2.45, 2.75) is 12.1 Å². The van der Waals surface area contributed by atoms with Gasteiger partial charge >= 0.3 is 5.88 Å². The molecule has 0 bridgehead atoms. The van der Waals surface area contributed by atoms with Crippen molar-refractivity contribution in [2.24, 2.45) is 7.05 Å². The summed E-state index contributed by atoms with van der Waals surface area (Å²) in [5, 5.41) is 21.4. The maximum absolute atomic E-state index is 10.6. The standard InChI is InChI=1S/C16H14N4O3S/c1-11-4-3-5-12(10-11)15-17-18-16(19(15)2)24-9-8-13-6-7-14(23-13)20(21)22/h3-10H,1-2H3/b9-8+. The first-order valence-electron chi connectivity index (χ1n) is 7.08. The van der Waals surface area contributed by atoms with E-state index >= 15 is 0 Å². The molecule has 0 radical (unpaired) electrons. The highest BCUT2D eigenvalue weighted by atomic mass is 32.2. The summed E-state index contributed by atoms with van der Waals surface area (Å²) in [4.78, 5) is 10.0. The Labute approximate surface area is 142 Å². The fourth-order valence-electron chi connectivity index (χ4n) is 2.14. The highest BCUT2D eigenvalue weighted by molar-refractivity contribution is 8.02. The molecule has 122 valence electrons. The second-order valence-corrected chi connectivity index (χ2v) is 5.96. The van der Waals surface area contributed by atoms with E-state index in [4.69, 9.17) is 4.42 Å². The van der Waals surface area contributed by atoms with Gasteiger partial charge in [-0.25, -0.2) is 0 Å². The minimum absolute atomic E-state index is 0.278. The molecule has 2 heterocycles. The Hall–Kier alpha value is -2.87. The minimum atomic E-state index is -0.568. The van der Waals surface area contributed by atoms with Gasteiger partial charge in [-0.15, -0.1) is 10.2 Å². The van der Waals surface area contributed by atoms with Crippen LogP contribution in [0.2, 0.25) is 0 Å². The molecule has 8 heteroatoms. The summed E-state index contributed by atoms with van der Waals surface area (Å²) in [6.07, 6.45) is 1.65. The lowest BCUT2D eigenvalue weighted by Crippen LogP contribution is -1.94. The SMILES string of the molecule is Cc1cccc(-c2nnc(S/C=C/c3ccc([N+](=O)[O-])o3)n2C)c1. The lowest BCUT2D eigenvalue weighted by molar-refractivity contribution is -0.402. The van der Waals surface area contributed by atoms with Crippen LogP contribution in [0.4, 0.5) is 5.88 Å². The highest BCUT2D eigenvalue weighted by Gasteiger charge is 2.11. The summed E-state index contributed by atoms with van der Waals surface area (Å²) in [6.45, 7) is 2.03. The van der Waals surface area contributed by atoms with Gasteiger partial charge in [0.25, 0.3) is 0 Å². The van der Waals surface area contributed by atoms with Crippen LogP contribution in [-0.2, 0) is 7.05 Å². The number of aromatic nitrogens is 3. The van der Waals surface area contributed by atoms with E-state index in [1.54, 1.807) is 17.6 Å². The van der Waals surface area contributed by atoms with E-state index < -0.39 is 4.92 Å². The number of nitrogens with zero attached hydrogens (tertiary/aromatic N) is 4. The van der Waals surface area contributed by atoms with Crippen LogP contribution in [-0.4, -0.2) is 19.7 Å². The third-order valence-corrected chi connectivity index (χ3v) is 4.15. The molecule has 0 N–H and O–H groups in total. The van der Waals surface area contributed by atoms with E-state index in [2.05, 4.69) is 16.3 Å². The molecule has 3 aromatic rings. The Morgan fingerprint density at radius 1 is 1.29 bits per heavy atom. The van der Waals surface area contributed by atoms with Gasteiger partial charge in [-0.3, -0.25) is 10.1 Å². The van der Waals surface area contributed by atoms with E-state index in [1.165, 1.54) is 17.8 Å². The maximum Gasteiger partial charge on any atom is 0.433 e. The van der Waals surface area contributed by atoms with Gasteiger partial charge in [-0.2, -0.15) is 0 Å². The molecule has 0 atom stereocenters. The molecular weight excluding hydrogens is 328 g/mol. The summed E-state index contributed by atoms with van der Waals surface area (Å²) in [5.41, 5.74) is 2.16. The van der Waals surface area contributed by atoms with E-state index in [0.29, 0.717) is 10.9 Å². The predicted molar refractivity (Wildman–Crippen MR) is 91.4 cm³/mol. The zero-order valence-electron chi connectivity index (χ0n) is 13.0. The molecule has 2 aromatic heterocycles. The Bertz CT molecular complexity index is 914. The van der Waals surface area contributed by atoms with Crippen LogP contribution >= 0.6 is 11.8 Å². The molecule has 3 rings (SSSR count). The Morgan fingerprint density at radius 2 is 2.12 bits per heavy atom. The number of nitro groups is 1. The van der Waals surface area contributed by atoms with Gasteiger partial charge in [0.15, 0.2) is 11.0 Å². The summed E-state index contributed by atoms with van der Waals surface area (Å²) < 4.78 is 6.96. The van der Waals surface area contributed by atoms with Gasteiger partial charge < -0.3 is 8.98 Å². The van der Waals surface area contributed by atoms with Gasteiger partial charge in [-0.05, 0) is 30.5 Å². The molecule has 0 fully saturated rings. The van der Waals surface area contributed by atoms with Crippen molar-refractivity contribution in [1.82, 2.24) is 14.8 Å². The van der Waals surface area contributed by atoms with Crippen molar-refractivity contribution in [3.05, 3.63) is 63.2 Å². The number of aryl methyl sites for hydroxylation is 1. The first kappa shape index (κ1) is 16.0. The van der Waals surface area contributed by atoms with Gasteiger partial charge in [0.05, 0.1) is 6.07 Å². The van der Waals surface area contributed by atoms with Crippen molar-refractivity contribution in [3.8, 4) is 11.4 Å². The number of furan rings is 1. The van der Waals surface area contributed by atoms with E-state index in [-0.39, 0.29) is 5.88 Å². The van der Waals surface area contributed by atoms with Crippen molar-refractivity contribution < 1.29 is 9.34 Å². The molecule has 0 aliphatic rings. The van der Waals surface area contributed by atoms with Crippen LogP contribution < -0.4 is 0 Å². The summed E-state index contributed by atoms with van der Waals surface area (Å²) in [7, 11) is 1.89. The van der Waals surface area contributed by atoms with Gasteiger partial charge in [0, 0.05) is 12.6 Å². The second-order valence-electron chi connectivity index (χ2n) is 5.09. The quantitative estimate of drug-likeness (QED) is 0.395. The van der Waals surface area contributed by atoms with Gasteiger partial charge in [-0.1, -0.05) is 35.5 Å². The molecule has 0 spiro atoms. The van der Waals surface area contributed by atoms with Crippen LogP contribution in [0.15, 0.2) is 51.4 Å². The number of thioether (sulfide) groups is 1. The minimum Gasteiger partial charge on any atom is -0.401 e. The topological polar surface area (TPSA) is 87.0 Å². The molecule has 0 saturated carbocycles. The van der Waals surface area contributed by atoms with E-state index in [1.807, 2.05) is 36.7 Å². The molecule has 7 nitrogen and oxygen atoms in total. The highest BCUT2D eigenvalue weighted by Crippen LogP contribution is 2.25. The fourth-order valence-corrected chi connectivity index (χ4v) is 2.80. The number of hydrogen-bond acceptors (Lipinski definition) is 6. The Balaban J connectivity index is 1.74. The average Bonchev–Trinajstić information content (AvgIpc) is 3.15. The Kier molecular flexibility index (Phi) is 4.48. The lowest BCUT2D eigenvalue weighted by Gasteiger charge is -2.03. The molecule has 1 aromatic carbocycles. The average molecular weight is 342 g/mol. The van der Waals surface area contributed by atoms with Crippen LogP contribution in [0.3, 0.4) is 0 Å². The smallest absolute Gasteiger partial charge is 0.401 e. The number of rotatable bonds is 5. The molecule has 24 heavy (non-hydrogen) atoms. The van der Waals surface area contributed by atoms with Gasteiger partial charge in [0.1, 0.15) is 10.7 Å². The number of hydrogen-bond donors (Lipinski definition) is 0. The van der Waals surface area contributed by atoms with Gasteiger partial charge in [0.2, 0.25) is 0 Å². The Morgan fingerprint density at radius 3 is 2.83 bits per heavy atom. The molecule has 0 aliphatic carbocycles. The van der Waals surface area contributed by atoms with Crippen LogP contribution in [0.5, 0.6) is 0 Å². The first-order chi connectivity index (χ1) is 11.5. The van der Waals surface area contributed by atoms with Crippen molar-refractivity contribution in [1.29, 1.82) is 0 Å². The molecule has 0 unspecified atom stereocenters. The summed E-state index contributed by atoms with van der Waals surface area (Å²) in [6, 6.07) is 10.9. The zero-order valence-corrected chi connectivity index (χ0v) is 13.9. The molecule has 0 saturated heterocycles. The zero-order chi connectivity index (χ0) is 17.1. The number of benzene rings is 1. The predicted octanol–water partition coefficient (Wildman–Crippen LogP) is 4.05. The molecular formula is C16H14N4O3S. The summed E-state index contributed by atoms with van der Waals surface area (Å²) in [5.74, 6) is 0.915. The molecule has 0 amide bonds. The van der Waals surface area contributed by atoms with E-state index in [9.17, 15) is 10.1 Å². The van der Waals surface area contributed by atoms with Crippen molar-refractivity contribution in [3.63, 3.8) is 0 Å².